The van der Waals surface area contributed by atoms with Crippen molar-refractivity contribution in [2.75, 3.05) is 6.54 Å². The summed E-state index contributed by atoms with van der Waals surface area (Å²) in [5, 5.41) is 5.44. The molecule has 1 aliphatic rings. The molecule has 1 fully saturated rings. The van der Waals surface area contributed by atoms with E-state index in [1.807, 2.05) is 18.0 Å². The zero-order valence-electron chi connectivity index (χ0n) is 13.5. The van der Waals surface area contributed by atoms with Gasteiger partial charge in [-0.15, -0.1) is 11.8 Å². The van der Waals surface area contributed by atoms with Crippen LogP contribution in [0.25, 0.3) is 0 Å². The van der Waals surface area contributed by atoms with E-state index in [1.54, 1.807) is 0 Å². The molecular weight excluding hydrogens is 344 g/mol. The topological polar surface area (TPSA) is 24.9 Å². The molecule has 0 aliphatic heterocycles. The number of hydrogen-bond acceptors (Lipinski definition) is 3. The smallest absolute Gasteiger partial charge is 0.0963 e. The van der Waals surface area contributed by atoms with Gasteiger partial charge in [-0.3, -0.25) is 0 Å². The van der Waals surface area contributed by atoms with Crippen LogP contribution in [0.4, 0.5) is 0 Å². The highest BCUT2D eigenvalue weighted by Crippen LogP contribution is 2.43. The molecule has 0 aromatic carbocycles. The number of pyridine rings is 1. The van der Waals surface area contributed by atoms with Gasteiger partial charge in [0, 0.05) is 22.0 Å². The number of rotatable bonds is 4. The van der Waals surface area contributed by atoms with Crippen LogP contribution in [0.5, 0.6) is 0 Å². The van der Waals surface area contributed by atoms with Gasteiger partial charge in [0.25, 0.3) is 0 Å². The number of hydrogen-bond donors (Lipinski definition) is 1. The lowest BCUT2D eigenvalue weighted by atomic mass is 9.71. The van der Waals surface area contributed by atoms with Gasteiger partial charge in [0.2, 0.25) is 0 Å². The summed E-state index contributed by atoms with van der Waals surface area (Å²) in [5.41, 5.74) is 0.406. The largest absolute Gasteiger partial charge is 0.313 e. The summed E-state index contributed by atoms with van der Waals surface area (Å²) in [4.78, 5) is 4.54. The van der Waals surface area contributed by atoms with Crippen molar-refractivity contribution in [1.82, 2.24) is 10.3 Å². The number of thioether (sulfide) groups is 1. The third kappa shape index (κ3) is 4.97. The Balaban J connectivity index is 2.08. The predicted molar refractivity (Wildman–Crippen MR) is 95.8 cm³/mol. The molecule has 21 heavy (non-hydrogen) atoms. The van der Waals surface area contributed by atoms with Crippen molar-refractivity contribution >= 4 is 27.7 Å². The van der Waals surface area contributed by atoms with E-state index in [2.05, 4.69) is 66.1 Å². The summed E-state index contributed by atoms with van der Waals surface area (Å²) in [5.74, 6) is 0.806. The van der Waals surface area contributed by atoms with Crippen LogP contribution in [0, 0.1) is 11.3 Å². The molecule has 0 bridgehead atoms. The molecule has 1 aromatic heterocycles. The van der Waals surface area contributed by atoms with Crippen LogP contribution >= 0.6 is 27.7 Å². The lowest BCUT2D eigenvalue weighted by Gasteiger charge is -2.41. The van der Waals surface area contributed by atoms with Crippen LogP contribution in [-0.2, 0) is 0 Å². The molecule has 0 amide bonds. The molecule has 1 N–H and O–H groups in total. The van der Waals surface area contributed by atoms with Crippen molar-refractivity contribution in [3.63, 3.8) is 0 Å². The Morgan fingerprint density at radius 1 is 1.33 bits per heavy atom. The van der Waals surface area contributed by atoms with Crippen LogP contribution in [0.15, 0.2) is 27.8 Å². The molecular formula is C17H27BrN2S. The zero-order chi connectivity index (χ0) is 15.5. The lowest BCUT2D eigenvalue weighted by molar-refractivity contribution is 0.165. The van der Waals surface area contributed by atoms with Gasteiger partial charge in [0.05, 0.1) is 5.03 Å². The quantitative estimate of drug-likeness (QED) is 0.794. The summed E-state index contributed by atoms with van der Waals surface area (Å²) < 4.78 is 1.05. The minimum Gasteiger partial charge on any atom is -0.313 e. The van der Waals surface area contributed by atoms with E-state index in [0.29, 0.717) is 16.7 Å². The molecule has 1 aliphatic carbocycles. The van der Waals surface area contributed by atoms with Gasteiger partial charge in [-0.1, -0.05) is 27.7 Å². The maximum absolute atomic E-state index is 4.54. The van der Waals surface area contributed by atoms with Crippen LogP contribution in [0.3, 0.4) is 0 Å². The molecule has 4 heteroatoms. The predicted octanol–water partition coefficient (Wildman–Crippen LogP) is 5.13. The Labute approximate surface area is 142 Å². The van der Waals surface area contributed by atoms with Gasteiger partial charge in [-0.05, 0) is 65.2 Å². The molecule has 0 spiro atoms. The monoisotopic (exact) mass is 370 g/mol. The van der Waals surface area contributed by atoms with Crippen LogP contribution < -0.4 is 5.32 Å². The summed E-state index contributed by atoms with van der Waals surface area (Å²) in [6, 6.07) is 4.82. The summed E-state index contributed by atoms with van der Waals surface area (Å²) >= 11 is 5.41. The molecule has 0 radical (unpaired) electrons. The Kier molecular flexibility index (Phi) is 6.15. The van der Waals surface area contributed by atoms with Crippen molar-refractivity contribution in [3.05, 3.63) is 22.8 Å². The summed E-state index contributed by atoms with van der Waals surface area (Å²) in [6.07, 6.45) is 5.80. The fraction of sp³-hybridized carbons (Fsp3) is 0.706. The second-order valence-corrected chi connectivity index (χ2v) is 9.19. The first-order valence-electron chi connectivity index (χ1n) is 7.91. The molecule has 118 valence electrons. The van der Waals surface area contributed by atoms with E-state index < -0.39 is 0 Å². The van der Waals surface area contributed by atoms with Crippen molar-refractivity contribution < 1.29 is 0 Å². The van der Waals surface area contributed by atoms with Crippen molar-refractivity contribution in [3.8, 4) is 0 Å². The lowest BCUT2D eigenvalue weighted by Crippen LogP contribution is -2.44. The first-order valence-corrected chi connectivity index (χ1v) is 9.59. The molecule has 1 aromatic rings. The Morgan fingerprint density at radius 2 is 2.10 bits per heavy atom. The second kappa shape index (κ2) is 7.47. The molecule has 2 nitrogen and oxygen atoms in total. The Bertz CT molecular complexity index is 441. The number of aromatic nitrogens is 1. The van der Waals surface area contributed by atoms with Gasteiger partial charge in [0.15, 0.2) is 0 Å². The average Bonchev–Trinajstić information content (AvgIpc) is 2.42. The van der Waals surface area contributed by atoms with Gasteiger partial charge >= 0.3 is 0 Å². The maximum atomic E-state index is 4.54. The van der Waals surface area contributed by atoms with E-state index >= 15 is 0 Å². The second-order valence-electron chi connectivity index (χ2n) is 7.01. The fourth-order valence-electron chi connectivity index (χ4n) is 3.13. The SMILES string of the molecule is CCNC1CCC(C(C)(C)C)CC1Sc1ccc(Br)cn1. The molecule has 2 rings (SSSR count). The average molecular weight is 371 g/mol. The minimum absolute atomic E-state index is 0.406. The molecule has 3 unspecified atom stereocenters. The highest BCUT2D eigenvalue weighted by molar-refractivity contribution is 9.10. The van der Waals surface area contributed by atoms with E-state index in [0.717, 1.165) is 22.0 Å². The maximum Gasteiger partial charge on any atom is 0.0963 e. The first-order chi connectivity index (χ1) is 9.90. The van der Waals surface area contributed by atoms with Gasteiger partial charge in [-0.25, -0.2) is 4.98 Å². The van der Waals surface area contributed by atoms with Gasteiger partial charge in [-0.2, -0.15) is 0 Å². The molecule has 1 saturated carbocycles. The first kappa shape index (κ1) is 17.3. The van der Waals surface area contributed by atoms with Gasteiger partial charge in [0.1, 0.15) is 0 Å². The minimum atomic E-state index is 0.406. The number of halogens is 1. The van der Waals surface area contributed by atoms with Crippen molar-refractivity contribution in [1.29, 1.82) is 0 Å². The number of nitrogens with zero attached hydrogens (tertiary/aromatic N) is 1. The van der Waals surface area contributed by atoms with Gasteiger partial charge < -0.3 is 5.32 Å². The standard InChI is InChI=1S/C17H27BrN2S/c1-5-19-14-8-6-12(17(2,3)4)10-15(14)21-16-9-7-13(18)11-20-16/h7,9,11-12,14-15,19H,5-6,8,10H2,1-4H3. The van der Waals surface area contributed by atoms with E-state index in [1.165, 1.54) is 19.3 Å². The number of nitrogens with one attached hydrogen (secondary N) is 1. The zero-order valence-corrected chi connectivity index (χ0v) is 15.9. The highest BCUT2D eigenvalue weighted by Gasteiger charge is 2.36. The van der Waals surface area contributed by atoms with E-state index in [4.69, 9.17) is 0 Å². The Morgan fingerprint density at radius 3 is 2.67 bits per heavy atom. The molecule has 1 heterocycles. The van der Waals surface area contributed by atoms with Crippen molar-refractivity contribution in [2.24, 2.45) is 11.3 Å². The van der Waals surface area contributed by atoms with E-state index in [-0.39, 0.29) is 0 Å². The molecule has 3 atom stereocenters. The summed E-state index contributed by atoms with van der Waals surface area (Å²) in [6.45, 7) is 10.4. The van der Waals surface area contributed by atoms with Crippen LogP contribution in [0.2, 0.25) is 0 Å². The normalized spacial score (nSPS) is 26.8. The Hall–Kier alpha value is -0.0600. The van der Waals surface area contributed by atoms with Crippen LogP contribution in [0.1, 0.15) is 47.0 Å². The summed E-state index contributed by atoms with van der Waals surface area (Å²) in [7, 11) is 0. The fourth-order valence-corrected chi connectivity index (χ4v) is 4.66. The molecule has 0 saturated heterocycles. The van der Waals surface area contributed by atoms with Crippen molar-refractivity contribution in [2.45, 2.75) is 63.3 Å². The third-order valence-corrected chi connectivity index (χ3v) is 6.23. The highest BCUT2D eigenvalue weighted by atomic mass is 79.9. The van der Waals surface area contributed by atoms with Crippen LogP contribution in [-0.4, -0.2) is 22.8 Å². The third-order valence-electron chi connectivity index (χ3n) is 4.46. The van der Waals surface area contributed by atoms with E-state index in [9.17, 15) is 0 Å².